The van der Waals surface area contributed by atoms with Crippen molar-refractivity contribution in [2.75, 3.05) is 4.90 Å². The van der Waals surface area contributed by atoms with Gasteiger partial charge in [-0.2, -0.15) is 0 Å². The van der Waals surface area contributed by atoms with Crippen molar-refractivity contribution in [3.63, 3.8) is 0 Å². The summed E-state index contributed by atoms with van der Waals surface area (Å²) in [5.74, 6) is 0.725. The Balaban J connectivity index is 1.07. The summed E-state index contributed by atoms with van der Waals surface area (Å²) >= 11 is 0. The van der Waals surface area contributed by atoms with E-state index in [0.717, 1.165) is 94.2 Å². The maximum Gasteiger partial charge on any atom is 0.197 e. The first kappa shape index (κ1) is 28.6. The van der Waals surface area contributed by atoms with Crippen molar-refractivity contribution >= 4 is 82.9 Å². The topological polar surface area (TPSA) is 60.2 Å². The predicted octanol–water partition coefficient (Wildman–Crippen LogP) is 12.5. The highest BCUT2D eigenvalue weighted by Gasteiger charge is 2.21. The first-order valence-electron chi connectivity index (χ1n) is 17.3. The fourth-order valence-corrected chi connectivity index (χ4v) is 7.75. The van der Waals surface area contributed by atoms with E-state index in [1.54, 1.807) is 6.33 Å². The Bertz CT molecular complexity index is 3150. The van der Waals surface area contributed by atoms with E-state index in [1.807, 2.05) is 36.4 Å². The van der Waals surface area contributed by atoms with E-state index in [4.69, 9.17) is 13.8 Å². The van der Waals surface area contributed by atoms with Gasteiger partial charge in [-0.05, 0) is 90.0 Å². The maximum atomic E-state index is 6.39. The molecule has 11 rings (SSSR count). The largest absolute Gasteiger partial charge is 0.456 e. The molecule has 0 spiro atoms. The quantitative estimate of drug-likeness (QED) is 0.183. The molecule has 0 aliphatic rings. The second kappa shape index (κ2) is 11.2. The molecule has 11 aromatic rings. The van der Waals surface area contributed by atoms with Gasteiger partial charge in [-0.1, -0.05) is 84.9 Å². The molecule has 244 valence electrons. The summed E-state index contributed by atoms with van der Waals surface area (Å²) in [5, 5.41) is 5.46. The lowest BCUT2D eigenvalue weighted by atomic mass is 10.0. The van der Waals surface area contributed by atoms with Gasteiger partial charge >= 0.3 is 0 Å². The Morgan fingerprint density at radius 2 is 1.10 bits per heavy atom. The Kier molecular flexibility index (Phi) is 6.15. The zero-order valence-electron chi connectivity index (χ0n) is 27.8. The number of para-hydroxylation sites is 4. The summed E-state index contributed by atoms with van der Waals surface area (Å²) < 4.78 is 14.8. The standard InChI is InChI=1S/C46H28N4O2/c1-2-12-31(13-3-1)49(33-22-24-43-38(27-33)35-16-5-8-19-41(35)51-43)32-14-10-11-29(25-32)30-21-23-40-37(26-30)34-15-4-7-18-39(34)50(40)46-45-44(47-28-48-46)36-17-6-9-20-42(36)52-45/h1-28H. The number of nitrogens with zero attached hydrogens (tertiary/aromatic N) is 4. The lowest BCUT2D eigenvalue weighted by Crippen LogP contribution is -2.09. The summed E-state index contributed by atoms with van der Waals surface area (Å²) in [7, 11) is 0. The number of hydrogen-bond donors (Lipinski definition) is 0. The fourth-order valence-electron chi connectivity index (χ4n) is 7.75. The van der Waals surface area contributed by atoms with Crippen molar-refractivity contribution in [1.29, 1.82) is 0 Å². The first-order valence-corrected chi connectivity index (χ1v) is 17.3. The van der Waals surface area contributed by atoms with Crippen molar-refractivity contribution in [2.24, 2.45) is 0 Å². The normalized spacial score (nSPS) is 11.8. The number of benzene rings is 7. The molecule has 0 amide bonds. The van der Waals surface area contributed by atoms with Crippen LogP contribution in [-0.2, 0) is 0 Å². The van der Waals surface area contributed by atoms with Crippen LogP contribution in [0.2, 0.25) is 0 Å². The van der Waals surface area contributed by atoms with Gasteiger partial charge in [-0.15, -0.1) is 0 Å². The van der Waals surface area contributed by atoms with Gasteiger partial charge in [-0.3, -0.25) is 4.57 Å². The molecule has 6 heteroatoms. The molecular formula is C46H28N4O2. The molecule has 0 atom stereocenters. The van der Waals surface area contributed by atoms with Crippen LogP contribution in [0.3, 0.4) is 0 Å². The summed E-state index contributed by atoms with van der Waals surface area (Å²) in [4.78, 5) is 11.7. The molecular weight excluding hydrogens is 641 g/mol. The van der Waals surface area contributed by atoms with Crippen LogP contribution >= 0.6 is 0 Å². The smallest absolute Gasteiger partial charge is 0.197 e. The summed E-state index contributed by atoms with van der Waals surface area (Å²) in [6.45, 7) is 0. The Hall–Kier alpha value is -7.18. The minimum absolute atomic E-state index is 0.672. The zero-order valence-corrected chi connectivity index (χ0v) is 27.8. The van der Waals surface area contributed by atoms with Crippen LogP contribution in [0.25, 0.3) is 82.8 Å². The molecule has 7 aromatic carbocycles. The summed E-state index contributed by atoms with van der Waals surface area (Å²) in [6.07, 6.45) is 1.63. The molecule has 52 heavy (non-hydrogen) atoms. The highest BCUT2D eigenvalue weighted by molar-refractivity contribution is 6.12. The predicted molar refractivity (Wildman–Crippen MR) is 211 cm³/mol. The van der Waals surface area contributed by atoms with Crippen LogP contribution in [0.4, 0.5) is 17.1 Å². The van der Waals surface area contributed by atoms with Gasteiger partial charge in [0.2, 0.25) is 0 Å². The van der Waals surface area contributed by atoms with E-state index in [9.17, 15) is 0 Å². The first-order chi connectivity index (χ1) is 25.8. The van der Waals surface area contributed by atoms with Crippen LogP contribution in [-0.4, -0.2) is 14.5 Å². The monoisotopic (exact) mass is 668 g/mol. The number of fused-ring (bicyclic) bond motifs is 9. The highest BCUT2D eigenvalue weighted by atomic mass is 16.3. The highest BCUT2D eigenvalue weighted by Crippen LogP contribution is 2.41. The fraction of sp³-hybridized carbons (Fsp3) is 0. The molecule has 0 saturated carbocycles. The third kappa shape index (κ3) is 4.31. The second-order valence-electron chi connectivity index (χ2n) is 13.1. The average Bonchev–Trinajstić information content (AvgIpc) is 3.88. The Morgan fingerprint density at radius 3 is 1.98 bits per heavy atom. The minimum Gasteiger partial charge on any atom is -0.456 e. The molecule has 0 fully saturated rings. The molecule has 4 aromatic heterocycles. The summed E-state index contributed by atoms with van der Waals surface area (Å²) in [6, 6.07) is 57.1. The van der Waals surface area contributed by atoms with Crippen LogP contribution in [0, 0.1) is 0 Å². The number of rotatable bonds is 5. The number of furan rings is 2. The van der Waals surface area contributed by atoms with E-state index in [2.05, 4.69) is 142 Å². The van der Waals surface area contributed by atoms with Crippen molar-refractivity contribution < 1.29 is 8.83 Å². The van der Waals surface area contributed by atoms with E-state index in [1.165, 1.54) is 0 Å². The molecule has 0 radical (unpaired) electrons. The van der Waals surface area contributed by atoms with Gasteiger partial charge < -0.3 is 13.7 Å². The van der Waals surface area contributed by atoms with Crippen molar-refractivity contribution in [1.82, 2.24) is 14.5 Å². The van der Waals surface area contributed by atoms with Gasteiger partial charge in [0.1, 0.15) is 28.6 Å². The molecule has 0 N–H and O–H groups in total. The van der Waals surface area contributed by atoms with Crippen LogP contribution < -0.4 is 4.90 Å². The van der Waals surface area contributed by atoms with Gasteiger partial charge in [0.25, 0.3) is 0 Å². The lowest BCUT2D eigenvalue weighted by Gasteiger charge is -2.26. The van der Waals surface area contributed by atoms with Crippen molar-refractivity contribution in [3.8, 4) is 16.9 Å². The molecule has 0 bridgehead atoms. The van der Waals surface area contributed by atoms with Crippen LogP contribution in [0.15, 0.2) is 179 Å². The van der Waals surface area contributed by atoms with Gasteiger partial charge in [0, 0.05) is 44.0 Å². The van der Waals surface area contributed by atoms with E-state index >= 15 is 0 Å². The number of anilines is 3. The molecule has 0 aliphatic carbocycles. The van der Waals surface area contributed by atoms with E-state index in [-0.39, 0.29) is 0 Å². The van der Waals surface area contributed by atoms with Crippen molar-refractivity contribution in [3.05, 3.63) is 170 Å². The lowest BCUT2D eigenvalue weighted by molar-refractivity contribution is 0.662. The molecule has 0 unspecified atom stereocenters. The summed E-state index contributed by atoms with van der Waals surface area (Å²) in [5.41, 5.74) is 11.6. The minimum atomic E-state index is 0.672. The molecule has 0 aliphatic heterocycles. The second-order valence-corrected chi connectivity index (χ2v) is 13.1. The Morgan fingerprint density at radius 1 is 0.423 bits per heavy atom. The van der Waals surface area contributed by atoms with Crippen molar-refractivity contribution in [2.45, 2.75) is 0 Å². The van der Waals surface area contributed by atoms with E-state index in [0.29, 0.717) is 5.58 Å². The molecule has 0 saturated heterocycles. The third-order valence-corrected chi connectivity index (χ3v) is 10.1. The van der Waals surface area contributed by atoms with Crippen LogP contribution in [0.5, 0.6) is 0 Å². The zero-order chi connectivity index (χ0) is 34.2. The van der Waals surface area contributed by atoms with Crippen LogP contribution in [0.1, 0.15) is 0 Å². The van der Waals surface area contributed by atoms with E-state index < -0.39 is 0 Å². The third-order valence-electron chi connectivity index (χ3n) is 10.1. The Labute approximate surface area is 297 Å². The molecule has 4 heterocycles. The maximum absolute atomic E-state index is 6.39. The molecule has 6 nitrogen and oxygen atoms in total. The van der Waals surface area contributed by atoms with Gasteiger partial charge in [0.05, 0.1) is 11.0 Å². The number of hydrogen-bond acceptors (Lipinski definition) is 5. The SMILES string of the molecule is c1ccc(N(c2cccc(-c3ccc4c(c3)c3ccccc3n4-c3ncnc4c3oc3ccccc34)c2)c2ccc3oc4ccccc4c3c2)cc1. The van der Waals surface area contributed by atoms with Gasteiger partial charge in [-0.25, -0.2) is 9.97 Å². The number of aromatic nitrogens is 3. The average molecular weight is 669 g/mol. The van der Waals surface area contributed by atoms with Gasteiger partial charge in [0.15, 0.2) is 11.4 Å².